The largest absolute Gasteiger partial charge is 0.377 e. The van der Waals surface area contributed by atoms with Gasteiger partial charge in [0.15, 0.2) is 0 Å². The summed E-state index contributed by atoms with van der Waals surface area (Å²) in [5.41, 5.74) is 0. The second-order valence-electron chi connectivity index (χ2n) is 3.73. The van der Waals surface area contributed by atoms with E-state index in [2.05, 4.69) is 0 Å². The fourth-order valence-electron chi connectivity index (χ4n) is 2.85. The Labute approximate surface area is 59.6 Å². The van der Waals surface area contributed by atoms with Gasteiger partial charge < -0.3 is 4.74 Å². The van der Waals surface area contributed by atoms with Crippen molar-refractivity contribution in [3.63, 3.8) is 0 Å². The smallest absolute Gasteiger partial charge is 0.142 e. The summed E-state index contributed by atoms with van der Waals surface area (Å²) in [5, 5.41) is 0. The molecule has 2 heteroatoms. The molecule has 0 aromatic carbocycles. The van der Waals surface area contributed by atoms with E-state index in [1.54, 1.807) is 0 Å². The quantitative estimate of drug-likeness (QED) is 0.490. The van der Waals surface area contributed by atoms with Crippen molar-refractivity contribution < 1.29 is 9.53 Å². The highest BCUT2D eigenvalue weighted by molar-refractivity contribution is 5.89. The number of hydrogen-bond acceptors (Lipinski definition) is 2. The minimum absolute atomic E-state index is 0.324. The number of carbonyl (C=O) groups is 1. The molecule has 2 bridgehead atoms. The summed E-state index contributed by atoms with van der Waals surface area (Å²) in [6, 6.07) is 0. The highest BCUT2D eigenvalue weighted by Crippen LogP contribution is 2.51. The Balaban J connectivity index is 2.09. The third-order valence-corrected chi connectivity index (χ3v) is 3.27. The van der Waals surface area contributed by atoms with E-state index in [9.17, 15) is 4.79 Å². The molecule has 0 unspecified atom stereocenters. The summed E-state index contributed by atoms with van der Waals surface area (Å²) in [6.07, 6.45) is 2.48. The van der Waals surface area contributed by atoms with Gasteiger partial charge in [-0.1, -0.05) is 0 Å². The normalized spacial score (nSPS) is 56.6. The number of Topliss-reactive ketones (excluding diaryl/α,β-unsaturated/α-hetero) is 1. The van der Waals surface area contributed by atoms with Gasteiger partial charge >= 0.3 is 0 Å². The molecular formula is C8H10O2. The number of fused-ring (bicyclic) bond motifs is 1. The summed E-state index contributed by atoms with van der Waals surface area (Å²) >= 11 is 0. The molecule has 1 saturated heterocycles. The molecule has 4 atom stereocenters. The number of carbonyl (C=O) groups excluding carboxylic acids is 1. The Bertz CT molecular complexity index is 185. The van der Waals surface area contributed by atoms with E-state index in [0.29, 0.717) is 29.6 Å². The van der Waals surface area contributed by atoms with Crippen LogP contribution in [-0.4, -0.2) is 18.5 Å². The maximum Gasteiger partial charge on any atom is 0.142 e. The fraction of sp³-hybridized carbons (Fsp3) is 0.875. The van der Waals surface area contributed by atoms with Crippen LogP contribution in [0.15, 0.2) is 0 Å². The van der Waals surface area contributed by atoms with Crippen molar-refractivity contribution in [2.24, 2.45) is 17.8 Å². The zero-order valence-electron chi connectivity index (χ0n) is 5.75. The molecule has 54 valence electrons. The first-order chi connectivity index (χ1) is 4.86. The minimum Gasteiger partial charge on any atom is -0.377 e. The third kappa shape index (κ3) is 0.409. The molecule has 0 aromatic heterocycles. The molecule has 0 radical (unpaired) electrons. The van der Waals surface area contributed by atoms with Crippen LogP contribution in [0, 0.1) is 17.8 Å². The Kier molecular flexibility index (Phi) is 0.768. The van der Waals surface area contributed by atoms with Gasteiger partial charge in [0.05, 0.1) is 12.7 Å². The predicted molar refractivity (Wildman–Crippen MR) is 34.5 cm³/mol. The van der Waals surface area contributed by atoms with Gasteiger partial charge in [-0.2, -0.15) is 0 Å². The van der Waals surface area contributed by atoms with Crippen LogP contribution in [0.2, 0.25) is 0 Å². The van der Waals surface area contributed by atoms with E-state index in [4.69, 9.17) is 4.74 Å². The molecule has 2 nitrogen and oxygen atoms in total. The van der Waals surface area contributed by atoms with E-state index < -0.39 is 0 Å². The highest BCUT2D eigenvalue weighted by Gasteiger charge is 2.57. The lowest BCUT2D eigenvalue weighted by Gasteiger charge is -2.11. The maximum absolute atomic E-state index is 11.3. The predicted octanol–water partition coefficient (Wildman–Crippen LogP) is 0.610. The molecule has 3 aliphatic rings. The van der Waals surface area contributed by atoms with Crippen LogP contribution in [-0.2, 0) is 9.53 Å². The zero-order chi connectivity index (χ0) is 6.72. The number of ketones is 1. The van der Waals surface area contributed by atoms with Gasteiger partial charge in [-0.05, 0) is 18.8 Å². The van der Waals surface area contributed by atoms with Crippen molar-refractivity contribution in [1.29, 1.82) is 0 Å². The van der Waals surface area contributed by atoms with Gasteiger partial charge in [0, 0.05) is 11.8 Å². The number of hydrogen-bond donors (Lipinski definition) is 0. The Morgan fingerprint density at radius 1 is 1.40 bits per heavy atom. The van der Waals surface area contributed by atoms with Gasteiger partial charge in [0.25, 0.3) is 0 Å². The summed E-state index contributed by atoms with van der Waals surface area (Å²) in [7, 11) is 0. The SMILES string of the molecule is O=C1[C@H]2C[C@@H]3CO[C@H](C2)[C@H]13. The summed E-state index contributed by atoms with van der Waals surface area (Å²) < 4.78 is 5.48. The Morgan fingerprint density at radius 3 is 2.90 bits per heavy atom. The van der Waals surface area contributed by atoms with Gasteiger partial charge in [-0.15, -0.1) is 0 Å². The lowest BCUT2D eigenvalue weighted by molar-refractivity contribution is -0.121. The van der Waals surface area contributed by atoms with Crippen LogP contribution in [0.25, 0.3) is 0 Å². The molecule has 10 heavy (non-hydrogen) atoms. The first kappa shape index (κ1) is 5.30. The van der Waals surface area contributed by atoms with E-state index in [-0.39, 0.29) is 0 Å². The summed E-state index contributed by atoms with van der Waals surface area (Å²) in [5.74, 6) is 1.83. The summed E-state index contributed by atoms with van der Waals surface area (Å²) in [6.45, 7) is 0.859. The average Bonchev–Trinajstić information content (AvgIpc) is 2.44. The molecule has 0 amide bonds. The molecule has 0 aromatic rings. The average molecular weight is 138 g/mol. The Hall–Kier alpha value is -0.370. The maximum atomic E-state index is 11.3. The zero-order valence-corrected chi connectivity index (χ0v) is 5.75. The topological polar surface area (TPSA) is 26.3 Å². The molecular weight excluding hydrogens is 128 g/mol. The van der Waals surface area contributed by atoms with Crippen LogP contribution in [0.1, 0.15) is 12.8 Å². The molecule has 2 aliphatic carbocycles. The van der Waals surface area contributed by atoms with Gasteiger partial charge in [0.1, 0.15) is 5.78 Å². The van der Waals surface area contributed by atoms with Crippen molar-refractivity contribution >= 4 is 5.78 Å². The van der Waals surface area contributed by atoms with E-state index in [1.165, 1.54) is 0 Å². The molecule has 0 N–H and O–H groups in total. The number of ether oxygens (including phenoxy) is 1. The van der Waals surface area contributed by atoms with Crippen molar-refractivity contribution in [1.82, 2.24) is 0 Å². The number of rotatable bonds is 0. The fourth-order valence-corrected chi connectivity index (χ4v) is 2.85. The van der Waals surface area contributed by atoms with Crippen molar-refractivity contribution in [3.05, 3.63) is 0 Å². The second-order valence-corrected chi connectivity index (χ2v) is 3.73. The first-order valence-electron chi connectivity index (χ1n) is 4.01. The van der Waals surface area contributed by atoms with Crippen LogP contribution in [0.5, 0.6) is 0 Å². The van der Waals surface area contributed by atoms with Crippen molar-refractivity contribution in [2.45, 2.75) is 18.9 Å². The van der Waals surface area contributed by atoms with Crippen molar-refractivity contribution in [3.8, 4) is 0 Å². The molecule has 2 saturated carbocycles. The van der Waals surface area contributed by atoms with Crippen LogP contribution < -0.4 is 0 Å². The standard InChI is InChI=1S/C8H10O2/c9-8-4-1-5-3-10-6(2-4)7(5)8/h4-7H,1-3H2/t4-,5+,6+,7+/m0/s1. The van der Waals surface area contributed by atoms with Gasteiger partial charge in [-0.3, -0.25) is 4.79 Å². The van der Waals surface area contributed by atoms with Gasteiger partial charge in [-0.25, -0.2) is 0 Å². The van der Waals surface area contributed by atoms with Crippen LogP contribution in [0.3, 0.4) is 0 Å². The molecule has 0 spiro atoms. The highest BCUT2D eigenvalue weighted by atomic mass is 16.5. The monoisotopic (exact) mass is 138 g/mol. The lowest BCUT2D eigenvalue weighted by atomic mass is 9.90. The molecule has 3 fully saturated rings. The first-order valence-corrected chi connectivity index (χ1v) is 4.01. The summed E-state index contributed by atoms with van der Waals surface area (Å²) in [4.78, 5) is 11.3. The second kappa shape index (κ2) is 1.45. The molecule has 1 aliphatic heterocycles. The van der Waals surface area contributed by atoms with Crippen LogP contribution in [0.4, 0.5) is 0 Å². The molecule has 3 rings (SSSR count). The lowest BCUT2D eigenvalue weighted by Crippen LogP contribution is -2.17. The minimum atomic E-state index is 0.324. The Morgan fingerprint density at radius 2 is 2.30 bits per heavy atom. The van der Waals surface area contributed by atoms with E-state index in [0.717, 1.165) is 19.4 Å². The van der Waals surface area contributed by atoms with E-state index in [1.807, 2.05) is 0 Å². The molecule has 1 heterocycles. The van der Waals surface area contributed by atoms with Crippen LogP contribution >= 0.6 is 0 Å². The third-order valence-electron chi connectivity index (χ3n) is 3.27. The van der Waals surface area contributed by atoms with Gasteiger partial charge in [0.2, 0.25) is 0 Å². The van der Waals surface area contributed by atoms with Crippen molar-refractivity contribution in [2.75, 3.05) is 6.61 Å². The van der Waals surface area contributed by atoms with E-state index >= 15 is 0 Å².